The van der Waals surface area contributed by atoms with Crippen molar-refractivity contribution in [1.82, 2.24) is 0 Å². The van der Waals surface area contributed by atoms with E-state index in [1.54, 1.807) is 0 Å². The molecule has 0 saturated carbocycles. The Morgan fingerprint density at radius 3 is 2.00 bits per heavy atom. The zero-order chi connectivity index (χ0) is 13.3. The Kier molecular flexibility index (Phi) is 14.9. The molecule has 0 radical (unpaired) electrons. The molecule has 104 valence electrons. The predicted octanol–water partition coefficient (Wildman–Crippen LogP) is -0.574. The molecule has 0 saturated heterocycles. The second kappa shape index (κ2) is 12.3. The minimum absolute atomic E-state index is 0. The molecule has 0 aromatic heterocycles. The molecule has 0 bridgehead atoms. The summed E-state index contributed by atoms with van der Waals surface area (Å²) in [5.41, 5.74) is 0. The third kappa shape index (κ3) is 11.3. The van der Waals surface area contributed by atoms with E-state index in [-0.39, 0.29) is 57.5 Å². The van der Waals surface area contributed by atoms with E-state index in [0.717, 1.165) is 25.7 Å². The van der Waals surface area contributed by atoms with Gasteiger partial charge in [0.2, 0.25) is 0 Å². The molecule has 2 atom stereocenters. The van der Waals surface area contributed by atoms with Crippen LogP contribution in [0.1, 0.15) is 65.2 Å². The van der Waals surface area contributed by atoms with Crippen LogP contribution < -0.4 is 51.4 Å². The summed E-state index contributed by atoms with van der Waals surface area (Å²) in [5.74, 6) is 0. The van der Waals surface area contributed by atoms with E-state index >= 15 is 0 Å². The van der Waals surface area contributed by atoms with Gasteiger partial charge in [0.25, 0.3) is 0 Å². The van der Waals surface area contributed by atoms with E-state index in [1.165, 1.54) is 0 Å². The molecule has 4 nitrogen and oxygen atoms in total. The summed E-state index contributed by atoms with van der Waals surface area (Å²) in [7, 11) is -4.16. The molecule has 1 N–H and O–H groups in total. The number of unbranched alkanes of at least 4 members (excludes halogenated alkanes) is 2. The number of hydrogen-bond donors (Lipinski definition) is 1. The van der Waals surface area contributed by atoms with E-state index in [2.05, 4.69) is 0 Å². The number of aliphatic hydroxyl groups excluding tert-OH is 1. The van der Waals surface area contributed by atoms with E-state index < -0.39 is 15.4 Å². The average Bonchev–Trinajstić information content (AvgIpc) is 2.25. The fourth-order valence-corrected chi connectivity index (χ4v) is 2.73. The Morgan fingerprint density at radius 1 is 1.06 bits per heavy atom. The molecule has 6 heteroatoms. The van der Waals surface area contributed by atoms with E-state index in [1.807, 2.05) is 13.8 Å². The maximum Gasteiger partial charge on any atom is 1.00 e. The van der Waals surface area contributed by atoms with Crippen molar-refractivity contribution in [3.8, 4) is 0 Å². The fraction of sp³-hybridized carbons (Fsp3) is 1.00. The van der Waals surface area contributed by atoms with Crippen LogP contribution in [-0.4, -0.2) is 29.4 Å². The Labute approximate surface area is 154 Å². The third-order valence-electron chi connectivity index (χ3n) is 3.07. The molecule has 0 aliphatic rings. The molecule has 0 amide bonds. The second-order valence-electron chi connectivity index (χ2n) is 4.60. The van der Waals surface area contributed by atoms with Crippen LogP contribution in [0, 0.1) is 0 Å². The normalized spacial score (nSPS) is 14.9. The molecule has 0 heterocycles. The molecule has 0 fully saturated rings. The molecular formula is C12H25KO4S. The van der Waals surface area contributed by atoms with Gasteiger partial charge in [0.05, 0.1) is 16.2 Å². The predicted molar refractivity (Wildman–Crippen MR) is 67.8 cm³/mol. The Hall–Kier alpha value is 1.51. The van der Waals surface area contributed by atoms with Crippen molar-refractivity contribution in [3.63, 3.8) is 0 Å². The Bertz CT molecular complexity index is 280. The molecule has 0 aromatic carbocycles. The van der Waals surface area contributed by atoms with Crippen molar-refractivity contribution < 1.29 is 69.5 Å². The summed E-state index contributed by atoms with van der Waals surface area (Å²) in [6, 6.07) is 0. The third-order valence-corrected chi connectivity index (χ3v) is 4.36. The van der Waals surface area contributed by atoms with Gasteiger partial charge >= 0.3 is 51.4 Å². The summed E-state index contributed by atoms with van der Waals surface area (Å²) in [6.07, 6.45) is 5.19. The minimum Gasteiger partial charge on any atom is -0.748 e. The summed E-state index contributed by atoms with van der Waals surface area (Å²) >= 11 is 0. The van der Waals surface area contributed by atoms with Gasteiger partial charge < -0.3 is 9.66 Å². The van der Waals surface area contributed by atoms with Crippen LogP contribution >= 0.6 is 0 Å². The standard InChI is InChI=1S/C12H26O4S.K/c1-3-5-9-12(17(14,15)16)10-7-6-8-11(13)4-2;/h11-13H,3-10H2,1-2H3,(H,14,15,16);/q;+1/p-1. The number of hydrogen-bond acceptors (Lipinski definition) is 4. The first-order chi connectivity index (χ1) is 7.91. The Morgan fingerprint density at radius 2 is 1.56 bits per heavy atom. The smallest absolute Gasteiger partial charge is 0.748 e. The fourth-order valence-electron chi connectivity index (χ4n) is 1.82. The van der Waals surface area contributed by atoms with Gasteiger partial charge in [0.1, 0.15) is 0 Å². The van der Waals surface area contributed by atoms with Gasteiger partial charge in [-0.2, -0.15) is 0 Å². The first-order valence-electron chi connectivity index (χ1n) is 6.54. The minimum atomic E-state index is -4.16. The van der Waals surface area contributed by atoms with Gasteiger partial charge in [-0.1, -0.05) is 39.5 Å². The maximum atomic E-state index is 11.0. The van der Waals surface area contributed by atoms with E-state index in [4.69, 9.17) is 0 Å². The van der Waals surface area contributed by atoms with Gasteiger partial charge in [-0.25, -0.2) is 8.42 Å². The zero-order valence-corrected chi connectivity index (χ0v) is 15.8. The van der Waals surface area contributed by atoms with Crippen molar-refractivity contribution >= 4 is 10.1 Å². The monoisotopic (exact) mass is 304 g/mol. The van der Waals surface area contributed by atoms with E-state index in [0.29, 0.717) is 25.7 Å². The van der Waals surface area contributed by atoms with Crippen molar-refractivity contribution in [2.24, 2.45) is 0 Å². The second-order valence-corrected chi connectivity index (χ2v) is 6.26. The van der Waals surface area contributed by atoms with Gasteiger partial charge in [0.15, 0.2) is 0 Å². The van der Waals surface area contributed by atoms with E-state index in [9.17, 15) is 18.1 Å². The van der Waals surface area contributed by atoms with Gasteiger partial charge in [-0.05, 0) is 25.7 Å². The van der Waals surface area contributed by atoms with Gasteiger partial charge in [-0.3, -0.25) is 0 Å². The van der Waals surface area contributed by atoms with Crippen LogP contribution in [0.3, 0.4) is 0 Å². The van der Waals surface area contributed by atoms with Crippen molar-refractivity contribution in [2.75, 3.05) is 0 Å². The topological polar surface area (TPSA) is 77.4 Å². The summed E-state index contributed by atoms with van der Waals surface area (Å²) in [5, 5.41) is 8.61. The van der Waals surface area contributed by atoms with Crippen LogP contribution in [0.4, 0.5) is 0 Å². The zero-order valence-electron chi connectivity index (χ0n) is 11.9. The van der Waals surface area contributed by atoms with Crippen LogP contribution in [-0.2, 0) is 10.1 Å². The first kappa shape index (κ1) is 21.8. The Balaban J connectivity index is 0. The average molecular weight is 304 g/mol. The van der Waals surface area contributed by atoms with Crippen molar-refractivity contribution in [3.05, 3.63) is 0 Å². The molecule has 0 rings (SSSR count). The van der Waals surface area contributed by atoms with Gasteiger partial charge in [0, 0.05) is 5.25 Å². The maximum absolute atomic E-state index is 11.0. The SMILES string of the molecule is CCCCC(CCCCC(O)CC)S(=O)(=O)[O-].[K+]. The molecular weight excluding hydrogens is 279 g/mol. The van der Waals surface area contributed by atoms with Crippen LogP contribution in [0.15, 0.2) is 0 Å². The molecule has 0 spiro atoms. The first-order valence-corrected chi connectivity index (χ1v) is 8.01. The quantitative estimate of drug-likeness (QED) is 0.333. The van der Waals surface area contributed by atoms with Crippen LogP contribution in [0.5, 0.6) is 0 Å². The molecule has 18 heavy (non-hydrogen) atoms. The van der Waals surface area contributed by atoms with Crippen molar-refractivity contribution in [1.29, 1.82) is 0 Å². The largest absolute Gasteiger partial charge is 1.00 e. The summed E-state index contributed by atoms with van der Waals surface area (Å²) < 4.78 is 33.0. The molecule has 2 unspecified atom stereocenters. The summed E-state index contributed by atoms with van der Waals surface area (Å²) in [6.45, 7) is 3.89. The molecule has 0 aliphatic carbocycles. The summed E-state index contributed by atoms with van der Waals surface area (Å²) in [4.78, 5) is 0. The molecule has 0 aliphatic heterocycles. The molecule has 0 aromatic rings. The number of rotatable bonds is 10. The van der Waals surface area contributed by atoms with Crippen molar-refractivity contribution in [2.45, 2.75) is 76.6 Å². The number of aliphatic hydroxyl groups is 1. The van der Waals surface area contributed by atoms with Crippen LogP contribution in [0.2, 0.25) is 0 Å². The van der Waals surface area contributed by atoms with Crippen LogP contribution in [0.25, 0.3) is 0 Å². The van der Waals surface area contributed by atoms with Gasteiger partial charge in [-0.15, -0.1) is 0 Å².